The van der Waals surface area contributed by atoms with Crippen LogP contribution in [0, 0.1) is 0 Å². The standard InChI is InChI=1S/C19H24N2O4/c1-4-5-10-25-19(23)14-8-9-15-16(12-14)21-17(20-15)7-6-11-24-18(22)13(2)3/h8-9,12H,2,4-7,10-11H2,1,3H3,(H,20,21). The molecule has 134 valence electrons. The van der Waals surface area contributed by atoms with Crippen molar-refractivity contribution in [3.63, 3.8) is 0 Å². The molecule has 0 amide bonds. The van der Waals surface area contributed by atoms with Crippen molar-refractivity contribution in [2.24, 2.45) is 0 Å². The summed E-state index contributed by atoms with van der Waals surface area (Å²) in [6.07, 6.45) is 3.15. The molecule has 0 saturated heterocycles. The second-order valence-electron chi connectivity index (χ2n) is 5.92. The molecule has 0 radical (unpaired) electrons. The van der Waals surface area contributed by atoms with Crippen molar-refractivity contribution in [2.45, 2.75) is 39.5 Å². The molecule has 1 N–H and O–H groups in total. The molecule has 0 atom stereocenters. The number of ether oxygens (including phenoxy) is 2. The van der Waals surface area contributed by atoms with Gasteiger partial charge in [-0.15, -0.1) is 0 Å². The molecule has 0 fully saturated rings. The zero-order chi connectivity index (χ0) is 18.2. The van der Waals surface area contributed by atoms with Crippen LogP contribution in [0.15, 0.2) is 30.4 Å². The molecule has 6 nitrogen and oxygen atoms in total. The summed E-state index contributed by atoms with van der Waals surface area (Å²) >= 11 is 0. The summed E-state index contributed by atoms with van der Waals surface area (Å²) in [6, 6.07) is 5.27. The lowest BCUT2D eigenvalue weighted by atomic mass is 10.2. The Morgan fingerprint density at radius 1 is 1.20 bits per heavy atom. The third kappa shape index (κ3) is 5.45. The van der Waals surface area contributed by atoms with Gasteiger partial charge in [0.25, 0.3) is 0 Å². The first-order chi connectivity index (χ1) is 12.0. The first kappa shape index (κ1) is 18.7. The van der Waals surface area contributed by atoms with Crippen molar-refractivity contribution in [1.82, 2.24) is 9.97 Å². The van der Waals surface area contributed by atoms with Crippen LogP contribution in [0.1, 0.15) is 49.3 Å². The average Bonchev–Trinajstić information content (AvgIpc) is 3.00. The third-order valence-corrected chi connectivity index (χ3v) is 3.64. The largest absolute Gasteiger partial charge is 0.462 e. The number of imidazole rings is 1. The Morgan fingerprint density at radius 3 is 2.68 bits per heavy atom. The van der Waals surface area contributed by atoms with Crippen molar-refractivity contribution in [1.29, 1.82) is 0 Å². The topological polar surface area (TPSA) is 81.3 Å². The van der Waals surface area contributed by atoms with Crippen molar-refractivity contribution in [2.75, 3.05) is 13.2 Å². The van der Waals surface area contributed by atoms with E-state index in [1.54, 1.807) is 25.1 Å². The first-order valence-corrected chi connectivity index (χ1v) is 8.49. The van der Waals surface area contributed by atoms with Gasteiger partial charge in [0.15, 0.2) is 0 Å². The first-order valence-electron chi connectivity index (χ1n) is 8.49. The van der Waals surface area contributed by atoms with Crippen molar-refractivity contribution < 1.29 is 19.1 Å². The molecular formula is C19H24N2O4. The number of carbonyl (C=O) groups excluding carboxylic acids is 2. The highest BCUT2D eigenvalue weighted by Gasteiger charge is 2.10. The molecule has 25 heavy (non-hydrogen) atoms. The number of hydrogen-bond acceptors (Lipinski definition) is 5. The number of esters is 2. The van der Waals surface area contributed by atoms with Gasteiger partial charge in [-0.3, -0.25) is 0 Å². The van der Waals surface area contributed by atoms with Crippen LogP contribution in [0.3, 0.4) is 0 Å². The van der Waals surface area contributed by atoms with Gasteiger partial charge in [-0.2, -0.15) is 0 Å². The fraction of sp³-hybridized carbons (Fsp3) is 0.421. The molecule has 6 heteroatoms. The zero-order valence-corrected chi connectivity index (χ0v) is 14.8. The molecular weight excluding hydrogens is 320 g/mol. The maximum Gasteiger partial charge on any atom is 0.338 e. The third-order valence-electron chi connectivity index (χ3n) is 3.64. The Balaban J connectivity index is 1.92. The lowest BCUT2D eigenvalue weighted by Gasteiger charge is -2.03. The molecule has 2 aromatic rings. The summed E-state index contributed by atoms with van der Waals surface area (Å²) in [5, 5.41) is 0. The van der Waals surface area contributed by atoms with E-state index in [0.29, 0.717) is 37.2 Å². The van der Waals surface area contributed by atoms with E-state index in [2.05, 4.69) is 16.5 Å². The highest BCUT2D eigenvalue weighted by Crippen LogP contribution is 2.15. The van der Waals surface area contributed by atoms with Crippen molar-refractivity contribution >= 4 is 23.0 Å². The van der Waals surface area contributed by atoms with Crippen LogP contribution in [0.25, 0.3) is 11.0 Å². The summed E-state index contributed by atoms with van der Waals surface area (Å²) in [7, 11) is 0. The average molecular weight is 344 g/mol. The number of nitrogens with one attached hydrogen (secondary N) is 1. The molecule has 0 aliphatic heterocycles. The van der Waals surface area contributed by atoms with Crippen LogP contribution in [0.2, 0.25) is 0 Å². The smallest absolute Gasteiger partial charge is 0.338 e. The van der Waals surface area contributed by atoms with Crippen molar-refractivity contribution in [3.05, 3.63) is 41.7 Å². The number of aromatic amines is 1. The number of fused-ring (bicyclic) bond motifs is 1. The Kier molecular flexibility index (Phi) is 6.74. The molecule has 1 aromatic heterocycles. The zero-order valence-electron chi connectivity index (χ0n) is 14.8. The van der Waals surface area contributed by atoms with Gasteiger partial charge in [-0.1, -0.05) is 19.9 Å². The van der Waals surface area contributed by atoms with Crippen LogP contribution in [0.5, 0.6) is 0 Å². The highest BCUT2D eigenvalue weighted by atomic mass is 16.5. The van der Waals surface area contributed by atoms with E-state index in [1.165, 1.54) is 0 Å². The maximum atomic E-state index is 12.0. The lowest BCUT2D eigenvalue weighted by molar-refractivity contribution is -0.139. The summed E-state index contributed by atoms with van der Waals surface area (Å²) in [5.74, 6) is 0.0897. The van der Waals surface area contributed by atoms with Gasteiger partial charge in [0.05, 0.1) is 29.8 Å². The molecule has 1 heterocycles. The van der Waals surface area contributed by atoms with E-state index in [9.17, 15) is 9.59 Å². The summed E-state index contributed by atoms with van der Waals surface area (Å²) in [4.78, 5) is 31.0. The maximum absolute atomic E-state index is 12.0. The van der Waals surface area contributed by atoms with Gasteiger partial charge < -0.3 is 14.5 Å². The molecule has 0 saturated carbocycles. The number of nitrogens with zero attached hydrogens (tertiary/aromatic N) is 1. The molecule has 0 spiro atoms. The second-order valence-corrected chi connectivity index (χ2v) is 5.92. The van der Waals surface area contributed by atoms with E-state index < -0.39 is 0 Å². The Morgan fingerprint density at radius 2 is 1.96 bits per heavy atom. The Bertz CT molecular complexity index is 764. The van der Waals surface area contributed by atoms with E-state index in [-0.39, 0.29) is 11.9 Å². The number of H-pyrrole nitrogens is 1. The van der Waals surface area contributed by atoms with Gasteiger partial charge >= 0.3 is 11.9 Å². The predicted octanol–water partition coefficient (Wildman–Crippen LogP) is 3.57. The molecule has 1 aromatic carbocycles. The van der Waals surface area contributed by atoms with Crippen LogP contribution < -0.4 is 0 Å². The number of aromatic nitrogens is 2. The van der Waals surface area contributed by atoms with Gasteiger partial charge in [-0.25, -0.2) is 14.6 Å². The normalized spacial score (nSPS) is 10.6. The SMILES string of the molecule is C=C(C)C(=O)OCCCc1nc2ccc(C(=O)OCCCC)cc2[nH]1. The minimum Gasteiger partial charge on any atom is -0.462 e. The summed E-state index contributed by atoms with van der Waals surface area (Å²) in [6.45, 7) is 7.95. The molecule has 0 unspecified atom stereocenters. The molecule has 0 aliphatic rings. The van der Waals surface area contributed by atoms with Gasteiger partial charge in [-0.05, 0) is 38.0 Å². The van der Waals surface area contributed by atoms with Crippen LogP contribution in [-0.2, 0) is 20.7 Å². The second kappa shape index (κ2) is 9.01. The van der Waals surface area contributed by atoms with Gasteiger partial charge in [0.1, 0.15) is 5.82 Å². The minimum absolute atomic E-state index is 0.317. The molecule has 0 bridgehead atoms. The monoisotopic (exact) mass is 344 g/mol. The summed E-state index contributed by atoms with van der Waals surface area (Å²) < 4.78 is 10.3. The Hall–Kier alpha value is -2.63. The lowest BCUT2D eigenvalue weighted by Crippen LogP contribution is -2.07. The predicted molar refractivity (Wildman–Crippen MR) is 95.4 cm³/mol. The van der Waals surface area contributed by atoms with Crippen LogP contribution >= 0.6 is 0 Å². The van der Waals surface area contributed by atoms with Crippen molar-refractivity contribution in [3.8, 4) is 0 Å². The van der Waals surface area contributed by atoms with Crippen LogP contribution in [-0.4, -0.2) is 35.1 Å². The number of hydrogen-bond donors (Lipinski definition) is 1. The van der Waals surface area contributed by atoms with Gasteiger partial charge in [0.2, 0.25) is 0 Å². The number of carbonyl (C=O) groups is 2. The number of rotatable bonds is 9. The van der Waals surface area contributed by atoms with E-state index in [1.807, 2.05) is 6.92 Å². The number of unbranched alkanes of at least 4 members (excludes halogenated alkanes) is 1. The number of benzene rings is 1. The van der Waals surface area contributed by atoms with E-state index >= 15 is 0 Å². The fourth-order valence-electron chi connectivity index (χ4n) is 2.23. The Labute approximate surface area is 147 Å². The molecule has 0 aliphatic carbocycles. The van der Waals surface area contributed by atoms with Gasteiger partial charge in [0, 0.05) is 12.0 Å². The highest BCUT2D eigenvalue weighted by molar-refractivity contribution is 5.93. The quantitative estimate of drug-likeness (QED) is 0.427. The summed E-state index contributed by atoms with van der Waals surface area (Å²) in [5.41, 5.74) is 2.48. The van der Waals surface area contributed by atoms with E-state index in [0.717, 1.165) is 29.7 Å². The fourth-order valence-corrected chi connectivity index (χ4v) is 2.23. The number of aryl methyl sites for hydroxylation is 1. The minimum atomic E-state index is -0.379. The van der Waals surface area contributed by atoms with E-state index in [4.69, 9.17) is 9.47 Å². The molecule has 2 rings (SSSR count). The van der Waals surface area contributed by atoms with Crippen LogP contribution in [0.4, 0.5) is 0 Å².